The number of halogens is 1. The zero-order valence-electron chi connectivity index (χ0n) is 17.9. The number of rotatable bonds is 5. The van der Waals surface area contributed by atoms with E-state index in [9.17, 15) is 14.0 Å². The number of benzene rings is 1. The Hall–Kier alpha value is -2.47. The topological polar surface area (TPSA) is 45.6 Å². The van der Waals surface area contributed by atoms with Crippen molar-refractivity contribution in [2.75, 3.05) is 32.7 Å². The van der Waals surface area contributed by atoms with Gasteiger partial charge in [0.1, 0.15) is 5.82 Å². The minimum absolute atomic E-state index is 0.0898. The summed E-state index contributed by atoms with van der Waals surface area (Å²) in [5.41, 5.74) is 3.39. The summed E-state index contributed by atoms with van der Waals surface area (Å²) in [6, 6.07) is 8.24. The van der Waals surface area contributed by atoms with E-state index in [2.05, 4.69) is 4.90 Å². The Labute approximate surface area is 177 Å². The SMILES string of the molecule is Cc1cc(C(=O)CN2CCN(C(=O)C3CCCC3)CC2)c(C)n1-c1ccc(F)cc1. The van der Waals surface area contributed by atoms with E-state index in [0.717, 1.165) is 43.0 Å². The maximum absolute atomic E-state index is 13.3. The van der Waals surface area contributed by atoms with Crippen molar-refractivity contribution in [3.8, 4) is 5.69 Å². The summed E-state index contributed by atoms with van der Waals surface area (Å²) in [4.78, 5) is 29.7. The van der Waals surface area contributed by atoms with Crippen LogP contribution in [0.3, 0.4) is 0 Å². The normalized spacial score (nSPS) is 18.2. The van der Waals surface area contributed by atoms with Gasteiger partial charge >= 0.3 is 0 Å². The number of aromatic nitrogens is 1. The molecule has 1 aliphatic carbocycles. The first-order valence-corrected chi connectivity index (χ1v) is 10.9. The molecule has 1 aromatic carbocycles. The zero-order chi connectivity index (χ0) is 21.3. The molecule has 1 saturated carbocycles. The predicted octanol–water partition coefficient (Wildman–Crippen LogP) is 3.75. The number of carbonyl (C=O) groups excluding carboxylic acids is 2. The maximum atomic E-state index is 13.3. The van der Waals surface area contributed by atoms with E-state index in [4.69, 9.17) is 0 Å². The van der Waals surface area contributed by atoms with E-state index in [1.807, 2.05) is 29.4 Å². The number of piperazine rings is 1. The van der Waals surface area contributed by atoms with Crippen LogP contribution in [0.15, 0.2) is 30.3 Å². The summed E-state index contributed by atoms with van der Waals surface area (Å²) in [7, 11) is 0. The average molecular weight is 412 g/mol. The van der Waals surface area contributed by atoms with Gasteiger partial charge in [0.05, 0.1) is 6.54 Å². The summed E-state index contributed by atoms with van der Waals surface area (Å²) in [5, 5.41) is 0. The fourth-order valence-electron chi connectivity index (χ4n) is 4.88. The van der Waals surface area contributed by atoms with Crippen molar-refractivity contribution >= 4 is 11.7 Å². The van der Waals surface area contributed by atoms with E-state index < -0.39 is 0 Å². The van der Waals surface area contributed by atoms with Crippen molar-refractivity contribution in [2.24, 2.45) is 5.92 Å². The van der Waals surface area contributed by atoms with Crippen molar-refractivity contribution in [1.82, 2.24) is 14.4 Å². The summed E-state index contributed by atoms with van der Waals surface area (Å²) in [6.45, 7) is 7.14. The van der Waals surface area contributed by atoms with Gasteiger partial charge in [0.2, 0.25) is 5.91 Å². The third-order valence-corrected chi connectivity index (χ3v) is 6.57. The largest absolute Gasteiger partial charge is 0.340 e. The van der Waals surface area contributed by atoms with Gasteiger partial charge < -0.3 is 9.47 Å². The number of Topliss-reactive ketones (excluding diaryl/α,β-unsaturated/α-hetero) is 1. The molecular weight excluding hydrogens is 381 g/mol. The first-order valence-electron chi connectivity index (χ1n) is 10.9. The van der Waals surface area contributed by atoms with Gasteiger partial charge in [-0.1, -0.05) is 12.8 Å². The van der Waals surface area contributed by atoms with Crippen molar-refractivity contribution in [3.63, 3.8) is 0 Å². The lowest BCUT2D eigenvalue weighted by atomic mass is 10.1. The van der Waals surface area contributed by atoms with Gasteiger partial charge in [0, 0.05) is 54.7 Å². The highest BCUT2D eigenvalue weighted by molar-refractivity contribution is 5.99. The lowest BCUT2D eigenvalue weighted by Crippen LogP contribution is -2.51. The van der Waals surface area contributed by atoms with Crippen LogP contribution in [-0.2, 0) is 4.79 Å². The molecule has 6 heteroatoms. The molecule has 1 amide bonds. The van der Waals surface area contributed by atoms with E-state index in [1.165, 1.54) is 25.0 Å². The Morgan fingerprint density at radius 2 is 1.63 bits per heavy atom. The molecule has 0 atom stereocenters. The number of hydrogen-bond acceptors (Lipinski definition) is 3. The Balaban J connectivity index is 1.38. The van der Waals surface area contributed by atoms with Gasteiger partial charge in [-0.25, -0.2) is 4.39 Å². The van der Waals surface area contributed by atoms with Crippen LogP contribution >= 0.6 is 0 Å². The Kier molecular flexibility index (Phi) is 6.04. The summed E-state index contributed by atoms with van der Waals surface area (Å²) < 4.78 is 15.3. The van der Waals surface area contributed by atoms with Crippen molar-refractivity contribution in [2.45, 2.75) is 39.5 Å². The number of nitrogens with zero attached hydrogens (tertiary/aromatic N) is 3. The molecule has 0 unspecified atom stereocenters. The van der Waals surface area contributed by atoms with Gasteiger partial charge in [0.25, 0.3) is 0 Å². The van der Waals surface area contributed by atoms with Crippen LogP contribution in [0.2, 0.25) is 0 Å². The highest BCUT2D eigenvalue weighted by atomic mass is 19.1. The molecule has 1 aromatic heterocycles. The zero-order valence-corrected chi connectivity index (χ0v) is 17.9. The molecule has 2 heterocycles. The second-order valence-corrected chi connectivity index (χ2v) is 8.60. The number of carbonyl (C=O) groups is 2. The quantitative estimate of drug-likeness (QED) is 0.704. The molecule has 0 N–H and O–H groups in total. The van der Waals surface area contributed by atoms with Gasteiger partial charge in [0.15, 0.2) is 5.78 Å². The third kappa shape index (κ3) is 4.19. The van der Waals surface area contributed by atoms with Crippen molar-refractivity contribution in [1.29, 1.82) is 0 Å². The Bertz CT molecular complexity index is 921. The second kappa shape index (κ2) is 8.72. The molecule has 2 fully saturated rings. The lowest BCUT2D eigenvalue weighted by Gasteiger charge is -2.35. The Morgan fingerprint density at radius 1 is 1.00 bits per heavy atom. The molecule has 0 bridgehead atoms. The van der Waals surface area contributed by atoms with Crippen LogP contribution in [0, 0.1) is 25.6 Å². The van der Waals surface area contributed by atoms with Crippen LogP contribution in [0.5, 0.6) is 0 Å². The highest BCUT2D eigenvalue weighted by Gasteiger charge is 2.30. The monoisotopic (exact) mass is 411 g/mol. The van der Waals surface area contributed by atoms with Crippen LogP contribution in [0.4, 0.5) is 4.39 Å². The van der Waals surface area contributed by atoms with Crippen molar-refractivity contribution < 1.29 is 14.0 Å². The summed E-state index contributed by atoms with van der Waals surface area (Å²) in [6.07, 6.45) is 4.39. The fourth-order valence-corrected chi connectivity index (χ4v) is 4.88. The smallest absolute Gasteiger partial charge is 0.225 e. The van der Waals surface area contributed by atoms with Gasteiger partial charge in [-0.05, 0) is 57.0 Å². The van der Waals surface area contributed by atoms with Gasteiger partial charge in [-0.2, -0.15) is 0 Å². The molecule has 0 radical (unpaired) electrons. The predicted molar refractivity (Wildman–Crippen MR) is 115 cm³/mol. The molecule has 5 nitrogen and oxygen atoms in total. The highest BCUT2D eigenvalue weighted by Crippen LogP contribution is 2.27. The molecule has 1 aliphatic heterocycles. The van der Waals surface area contributed by atoms with E-state index >= 15 is 0 Å². The van der Waals surface area contributed by atoms with Gasteiger partial charge in [-0.3, -0.25) is 14.5 Å². The number of ketones is 1. The molecule has 0 spiro atoms. The van der Waals surface area contributed by atoms with Crippen molar-refractivity contribution in [3.05, 3.63) is 53.1 Å². The van der Waals surface area contributed by atoms with Crippen LogP contribution in [0.1, 0.15) is 47.4 Å². The summed E-state index contributed by atoms with van der Waals surface area (Å²) >= 11 is 0. The number of hydrogen-bond donors (Lipinski definition) is 0. The van der Waals surface area contributed by atoms with Gasteiger partial charge in [-0.15, -0.1) is 0 Å². The fraction of sp³-hybridized carbons (Fsp3) is 0.500. The molecule has 160 valence electrons. The Morgan fingerprint density at radius 3 is 2.27 bits per heavy atom. The van der Waals surface area contributed by atoms with E-state index in [-0.39, 0.29) is 17.5 Å². The third-order valence-electron chi connectivity index (χ3n) is 6.57. The minimum atomic E-state index is -0.275. The van der Waals surface area contributed by atoms with E-state index in [1.54, 1.807) is 12.1 Å². The van der Waals surface area contributed by atoms with Crippen LogP contribution in [-0.4, -0.2) is 58.8 Å². The first-order chi connectivity index (χ1) is 14.4. The second-order valence-electron chi connectivity index (χ2n) is 8.60. The number of aryl methyl sites for hydroxylation is 1. The number of amides is 1. The molecule has 30 heavy (non-hydrogen) atoms. The molecular formula is C24H30FN3O2. The molecule has 1 saturated heterocycles. The molecule has 4 rings (SSSR count). The van der Waals surface area contributed by atoms with Crippen LogP contribution < -0.4 is 0 Å². The minimum Gasteiger partial charge on any atom is -0.340 e. The standard InChI is InChI=1S/C24H30FN3O2/c1-17-15-22(18(2)28(17)21-9-7-20(25)8-10-21)23(29)16-26-11-13-27(14-12-26)24(30)19-5-3-4-6-19/h7-10,15,19H,3-6,11-14,16H2,1-2H3. The van der Waals surface area contributed by atoms with Crippen LogP contribution in [0.25, 0.3) is 5.69 Å². The molecule has 2 aliphatic rings. The first kappa shape index (κ1) is 20.8. The summed E-state index contributed by atoms with van der Waals surface area (Å²) in [5.74, 6) is 0.339. The van der Waals surface area contributed by atoms with E-state index in [0.29, 0.717) is 31.1 Å². The lowest BCUT2D eigenvalue weighted by molar-refractivity contribution is -0.137. The average Bonchev–Trinajstić information content (AvgIpc) is 3.37. The molecule has 2 aromatic rings. The maximum Gasteiger partial charge on any atom is 0.225 e.